The molecule has 1 spiro atoms. The molecule has 5 rings (SSSR count). The molecule has 0 aliphatic carbocycles. The van der Waals surface area contributed by atoms with Crippen LogP contribution in [0, 0.1) is 5.41 Å². The van der Waals surface area contributed by atoms with Crippen LogP contribution in [0.2, 0.25) is 0 Å². The molecule has 2 aromatic rings. The van der Waals surface area contributed by atoms with Crippen LogP contribution in [0.4, 0.5) is 0 Å². The van der Waals surface area contributed by atoms with Gasteiger partial charge in [0.05, 0.1) is 6.61 Å². The van der Waals surface area contributed by atoms with E-state index in [4.69, 9.17) is 14.2 Å². The lowest BCUT2D eigenvalue weighted by molar-refractivity contribution is -0.141. The first kappa shape index (κ1) is 23.3. The Hall–Kier alpha value is -3.48. The van der Waals surface area contributed by atoms with E-state index in [2.05, 4.69) is 0 Å². The van der Waals surface area contributed by atoms with Crippen molar-refractivity contribution in [1.82, 2.24) is 9.80 Å². The Morgan fingerprint density at radius 3 is 2.46 bits per heavy atom. The van der Waals surface area contributed by atoms with Gasteiger partial charge >= 0.3 is 0 Å². The molecule has 2 aromatic carbocycles. The highest BCUT2D eigenvalue weighted by Crippen LogP contribution is 2.41. The quantitative estimate of drug-likeness (QED) is 0.615. The largest absolute Gasteiger partial charge is 0.493 e. The molecule has 35 heavy (non-hydrogen) atoms. The number of hydrogen-bond donors (Lipinski definition) is 0. The van der Waals surface area contributed by atoms with Gasteiger partial charge in [0.25, 0.3) is 5.91 Å². The highest BCUT2D eigenvalue weighted by molar-refractivity contribution is 5.92. The van der Waals surface area contributed by atoms with Gasteiger partial charge in [-0.3, -0.25) is 9.59 Å². The van der Waals surface area contributed by atoms with Crippen molar-refractivity contribution in [1.29, 1.82) is 0 Å². The molecule has 1 unspecified atom stereocenters. The summed E-state index contributed by atoms with van der Waals surface area (Å²) >= 11 is 0. The van der Waals surface area contributed by atoms with E-state index in [0.29, 0.717) is 37.7 Å². The number of likely N-dealkylation sites (tertiary alicyclic amines) is 2. The number of fused-ring (bicyclic) bond motifs is 1. The summed E-state index contributed by atoms with van der Waals surface area (Å²) in [7, 11) is 0. The van der Waals surface area contributed by atoms with E-state index < -0.39 is 6.10 Å². The minimum Gasteiger partial charge on any atom is -0.493 e. The van der Waals surface area contributed by atoms with Gasteiger partial charge in [0, 0.05) is 37.8 Å². The summed E-state index contributed by atoms with van der Waals surface area (Å²) in [6.07, 6.45) is 5.62. The van der Waals surface area contributed by atoms with Crippen LogP contribution < -0.4 is 14.2 Å². The van der Waals surface area contributed by atoms with Gasteiger partial charge in [-0.25, -0.2) is 0 Å². The van der Waals surface area contributed by atoms with Crippen molar-refractivity contribution < 1.29 is 23.8 Å². The number of carbonyl (C=O) groups excluding carboxylic acids is 2. The van der Waals surface area contributed by atoms with Crippen LogP contribution in [-0.2, 0) is 9.59 Å². The molecule has 3 heterocycles. The van der Waals surface area contributed by atoms with Gasteiger partial charge in [0.15, 0.2) is 11.5 Å². The van der Waals surface area contributed by atoms with Gasteiger partial charge < -0.3 is 24.0 Å². The number of para-hydroxylation sites is 3. The molecule has 2 saturated heterocycles. The summed E-state index contributed by atoms with van der Waals surface area (Å²) in [5, 5.41) is 0. The van der Waals surface area contributed by atoms with Gasteiger partial charge in [0.1, 0.15) is 12.4 Å². The zero-order valence-corrected chi connectivity index (χ0v) is 20.2. The summed E-state index contributed by atoms with van der Waals surface area (Å²) in [5.74, 6) is 2.09. The first-order chi connectivity index (χ1) is 17.1. The number of benzene rings is 2. The minimum absolute atomic E-state index is 0.00854. The van der Waals surface area contributed by atoms with Crippen molar-refractivity contribution >= 4 is 17.9 Å². The zero-order chi connectivity index (χ0) is 24.3. The number of ether oxygens (including phenoxy) is 3. The van der Waals surface area contributed by atoms with Crippen LogP contribution in [0.25, 0.3) is 6.08 Å². The fourth-order valence-corrected chi connectivity index (χ4v) is 5.25. The number of carbonyl (C=O) groups is 2. The second-order valence-corrected chi connectivity index (χ2v) is 9.50. The van der Waals surface area contributed by atoms with E-state index in [1.54, 1.807) is 6.08 Å². The predicted molar refractivity (Wildman–Crippen MR) is 132 cm³/mol. The van der Waals surface area contributed by atoms with Crippen LogP contribution in [-0.4, -0.2) is 67.1 Å². The molecular formula is C28H32N2O5. The maximum absolute atomic E-state index is 13.1. The van der Waals surface area contributed by atoms with Gasteiger partial charge in [0.2, 0.25) is 12.0 Å². The Bertz CT molecular complexity index is 1110. The summed E-state index contributed by atoms with van der Waals surface area (Å²) in [6.45, 7) is 5.61. The lowest BCUT2D eigenvalue weighted by Gasteiger charge is -2.39. The third-order valence-corrected chi connectivity index (χ3v) is 7.29. The van der Waals surface area contributed by atoms with E-state index >= 15 is 0 Å². The topological polar surface area (TPSA) is 68.3 Å². The van der Waals surface area contributed by atoms with Gasteiger partial charge in [-0.15, -0.1) is 0 Å². The third kappa shape index (κ3) is 4.99. The fourth-order valence-electron chi connectivity index (χ4n) is 5.25. The van der Waals surface area contributed by atoms with E-state index in [0.717, 1.165) is 37.1 Å². The van der Waals surface area contributed by atoms with Crippen molar-refractivity contribution in [3.8, 4) is 17.2 Å². The molecule has 0 radical (unpaired) electrons. The van der Waals surface area contributed by atoms with Crippen LogP contribution in [0.5, 0.6) is 17.2 Å². The molecule has 0 saturated carbocycles. The van der Waals surface area contributed by atoms with Crippen LogP contribution in [0.3, 0.4) is 0 Å². The van der Waals surface area contributed by atoms with Crippen molar-refractivity contribution in [2.45, 2.75) is 32.3 Å². The standard InChI is InChI=1S/C28H32N2O5/c1-2-33-22-8-4-3-7-21(22)11-12-26(31)29-16-13-28(14-17-29)15-18-30(20-28)27(32)25-19-34-23-9-5-6-10-24(23)35-25/h3-12,25H,2,13-20H2,1H3/b12-11+. The Morgan fingerprint density at radius 1 is 1.00 bits per heavy atom. The smallest absolute Gasteiger partial charge is 0.267 e. The molecule has 1 atom stereocenters. The molecule has 7 nitrogen and oxygen atoms in total. The highest BCUT2D eigenvalue weighted by Gasteiger charge is 2.44. The average molecular weight is 477 g/mol. The Kier molecular flexibility index (Phi) is 6.66. The Morgan fingerprint density at radius 2 is 1.69 bits per heavy atom. The van der Waals surface area contributed by atoms with E-state index in [9.17, 15) is 9.59 Å². The molecule has 3 aliphatic heterocycles. The number of piperidine rings is 1. The van der Waals surface area contributed by atoms with Gasteiger partial charge in [-0.2, -0.15) is 0 Å². The van der Waals surface area contributed by atoms with Crippen molar-refractivity contribution in [2.75, 3.05) is 39.4 Å². The van der Waals surface area contributed by atoms with E-state index in [1.165, 1.54) is 0 Å². The Labute approximate surface area is 206 Å². The van der Waals surface area contributed by atoms with Crippen molar-refractivity contribution in [3.05, 3.63) is 60.2 Å². The number of nitrogens with zero attached hydrogens (tertiary/aromatic N) is 2. The van der Waals surface area contributed by atoms with Crippen molar-refractivity contribution in [3.63, 3.8) is 0 Å². The maximum atomic E-state index is 13.1. The lowest BCUT2D eigenvalue weighted by Crippen LogP contribution is -2.48. The molecule has 2 amide bonds. The number of amides is 2. The minimum atomic E-state index is -0.605. The Balaban J connectivity index is 1.14. The second kappa shape index (κ2) is 10.0. The van der Waals surface area contributed by atoms with E-state index in [1.807, 2.05) is 71.3 Å². The molecule has 3 aliphatic rings. The number of hydrogen-bond acceptors (Lipinski definition) is 5. The second-order valence-electron chi connectivity index (χ2n) is 9.50. The van der Waals surface area contributed by atoms with Gasteiger partial charge in [-0.05, 0) is 55.9 Å². The summed E-state index contributed by atoms with van der Waals surface area (Å²) in [5.41, 5.74) is 0.975. The lowest BCUT2D eigenvalue weighted by atomic mass is 9.78. The predicted octanol–water partition coefficient (Wildman–Crippen LogP) is 3.78. The summed E-state index contributed by atoms with van der Waals surface area (Å²) < 4.78 is 17.3. The molecule has 184 valence electrons. The van der Waals surface area contributed by atoms with Gasteiger partial charge in [-0.1, -0.05) is 30.3 Å². The van der Waals surface area contributed by atoms with Crippen LogP contribution in [0.15, 0.2) is 54.6 Å². The monoisotopic (exact) mass is 476 g/mol. The molecule has 0 aromatic heterocycles. The van der Waals surface area contributed by atoms with Crippen LogP contribution >= 0.6 is 0 Å². The molecule has 7 heteroatoms. The molecule has 0 N–H and O–H groups in total. The first-order valence-electron chi connectivity index (χ1n) is 12.4. The van der Waals surface area contributed by atoms with Crippen molar-refractivity contribution in [2.24, 2.45) is 5.41 Å². The van der Waals surface area contributed by atoms with Crippen LogP contribution in [0.1, 0.15) is 31.7 Å². The number of rotatable bonds is 5. The zero-order valence-electron chi connectivity index (χ0n) is 20.2. The summed E-state index contributed by atoms with van der Waals surface area (Å²) in [6, 6.07) is 15.2. The average Bonchev–Trinajstić information content (AvgIpc) is 3.31. The highest BCUT2D eigenvalue weighted by atomic mass is 16.6. The molecular weight excluding hydrogens is 444 g/mol. The SMILES string of the molecule is CCOc1ccccc1/C=C/C(=O)N1CCC2(CC1)CCN(C(=O)C1COc3ccccc3O1)C2. The third-order valence-electron chi connectivity index (χ3n) is 7.29. The maximum Gasteiger partial charge on any atom is 0.267 e. The molecule has 0 bridgehead atoms. The summed E-state index contributed by atoms with van der Waals surface area (Å²) in [4.78, 5) is 29.8. The normalized spacial score (nSPS) is 20.9. The van der Waals surface area contributed by atoms with E-state index in [-0.39, 0.29) is 23.8 Å². The first-order valence-corrected chi connectivity index (χ1v) is 12.4. The fraction of sp³-hybridized carbons (Fsp3) is 0.429. The molecule has 2 fully saturated rings.